The smallest absolute Gasteiger partial charge is 0.0568 e. The monoisotopic (exact) mass is 241 g/mol. The Kier molecular flexibility index (Phi) is 7.33. The van der Waals surface area contributed by atoms with E-state index in [-0.39, 0.29) is 0 Å². The number of hydrogen-bond acceptors (Lipinski definition) is 1. The van der Waals surface area contributed by atoms with Gasteiger partial charge < -0.3 is 5.73 Å². The lowest BCUT2D eigenvalue weighted by molar-refractivity contribution is 0.631. The van der Waals surface area contributed by atoms with Crippen molar-refractivity contribution in [2.75, 3.05) is 0 Å². The average Bonchev–Trinajstić information content (AvgIpc) is 1.80. The van der Waals surface area contributed by atoms with Gasteiger partial charge in [0, 0.05) is 0 Å². The average molecular weight is 241 g/mol. The zero-order chi connectivity index (χ0) is 7.11. The molecule has 0 aliphatic carbocycles. The summed E-state index contributed by atoms with van der Waals surface area (Å²) in [6.45, 7) is 2.23. The molecule has 56 valence electrons. The molecule has 0 aromatic heterocycles. The lowest BCUT2D eigenvalue weighted by Gasteiger charge is -2.00. The quantitative estimate of drug-likeness (QED) is 0.340. The van der Waals surface area contributed by atoms with Crippen LogP contribution in [-0.4, -0.2) is 4.05 Å². The maximum atomic E-state index is 5.56. The van der Waals surface area contributed by atoms with Gasteiger partial charge in [0.15, 0.2) is 0 Å². The molecule has 0 rings (SSSR count). The summed E-state index contributed by atoms with van der Waals surface area (Å²) in [7, 11) is 0. The number of alkyl halides is 1. The molecule has 0 fully saturated rings. The van der Waals surface area contributed by atoms with E-state index in [4.69, 9.17) is 5.73 Å². The fourth-order valence-corrected chi connectivity index (χ4v) is 1.21. The lowest BCUT2D eigenvalue weighted by Crippen LogP contribution is -2.09. The third-order valence-corrected chi connectivity index (χ3v) is 1.96. The minimum Gasteiger partial charge on any atom is -0.320 e. The van der Waals surface area contributed by atoms with Crippen molar-refractivity contribution >= 4 is 22.6 Å². The third-order valence-electron chi connectivity index (χ3n) is 1.33. The van der Waals surface area contributed by atoms with Crippen LogP contribution in [-0.2, 0) is 0 Å². The van der Waals surface area contributed by atoms with Gasteiger partial charge >= 0.3 is 0 Å². The molecule has 2 heteroatoms. The molecule has 9 heavy (non-hydrogen) atoms. The zero-order valence-corrected chi connectivity index (χ0v) is 8.23. The minimum atomic E-state index is 0.374. The maximum Gasteiger partial charge on any atom is 0.0568 e. The van der Waals surface area contributed by atoms with Crippen molar-refractivity contribution in [3.63, 3.8) is 0 Å². The molecule has 0 bridgehead atoms. The van der Waals surface area contributed by atoms with E-state index in [0.29, 0.717) is 4.05 Å². The Balaban J connectivity index is 2.75. The Morgan fingerprint density at radius 1 is 1.33 bits per heavy atom. The van der Waals surface area contributed by atoms with Crippen molar-refractivity contribution in [2.24, 2.45) is 5.73 Å². The second-order valence-corrected chi connectivity index (χ2v) is 3.97. The summed E-state index contributed by atoms with van der Waals surface area (Å²) in [5, 5.41) is 0. The highest BCUT2D eigenvalue weighted by Gasteiger charge is 1.93. The number of rotatable bonds is 5. The van der Waals surface area contributed by atoms with Crippen LogP contribution in [0.2, 0.25) is 0 Å². The largest absolute Gasteiger partial charge is 0.320 e. The third kappa shape index (κ3) is 8.69. The zero-order valence-electron chi connectivity index (χ0n) is 6.07. The summed E-state index contributed by atoms with van der Waals surface area (Å²) in [4.78, 5) is 0. The highest BCUT2D eigenvalue weighted by Crippen LogP contribution is 2.07. The standard InChI is InChI=1S/C7H16IN/c1-2-3-4-5-6-7(8)9/h7H,2-6,9H2,1H3. The van der Waals surface area contributed by atoms with Gasteiger partial charge in [0.25, 0.3) is 0 Å². The summed E-state index contributed by atoms with van der Waals surface area (Å²) >= 11 is 2.27. The molecule has 0 spiro atoms. The number of hydrogen-bond donors (Lipinski definition) is 1. The van der Waals surface area contributed by atoms with Crippen molar-refractivity contribution in [1.82, 2.24) is 0 Å². The van der Waals surface area contributed by atoms with Gasteiger partial charge in [-0.05, 0) is 6.42 Å². The molecule has 0 radical (unpaired) electrons. The van der Waals surface area contributed by atoms with E-state index in [0.717, 1.165) is 0 Å². The van der Waals surface area contributed by atoms with Crippen molar-refractivity contribution in [1.29, 1.82) is 0 Å². The van der Waals surface area contributed by atoms with E-state index >= 15 is 0 Å². The van der Waals surface area contributed by atoms with Gasteiger partial charge in [-0.2, -0.15) is 0 Å². The lowest BCUT2D eigenvalue weighted by atomic mass is 10.2. The summed E-state index contributed by atoms with van der Waals surface area (Å²) in [6.07, 6.45) is 6.52. The number of unbranched alkanes of at least 4 members (excludes halogenated alkanes) is 3. The van der Waals surface area contributed by atoms with E-state index in [2.05, 4.69) is 29.5 Å². The van der Waals surface area contributed by atoms with Gasteiger partial charge in [-0.25, -0.2) is 0 Å². The van der Waals surface area contributed by atoms with Crippen LogP contribution >= 0.6 is 22.6 Å². The molecule has 0 aromatic rings. The molecular weight excluding hydrogens is 225 g/mol. The Hall–Kier alpha value is 0.690. The molecule has 0 aliphatic heterocycles. The van der Waals surface area contributed by atoms with Crippen LogP contribution in [0.5, 0.6) is 0 Å². The van der Waals surface area contributed by atoms with Crippen LogP contribution in [0.25, 0.3) is 0 Å². The first kappa shape index (κ1) is 9.69. The Morgan fingerprint density at radius 3 is 2.44 bits per heavy atom. The first-order chi connectivity index (χ1) is 4.27. The fourth-order valence-electron chi connectivity index (χ4n) is 0.766. The molecular formula is C7H16IN. The van der Waals surface area contributed by atoms with Crippen molar-refractivity contribution < 1.29 is 0 Å². The van der Waals surface area contributed by atoms with Crippen LogP contribution in [0.1, 0.15) is 39.0 Å². The van der Waals surface area contributed by atoms with Crippen molar-refractivity contribution in [3.8, 4) is 0 Å². The van der Waals surface area contributed by atoms with Gasteiger partial charge in [-0.1, -0.05) is 55.2 Å². The first-order valence-electron chi connectivity index (χ1n) is 3.67. The molecule has 1 nitrogen and oxygen atoms in total. The predicted octanol–water partition coefficient (Wildman–Crippen LogP) is 2.68. The topological polar surface area (TPSA) is 26.0 Å². The SMILES string of the molecule is CCCCCCC(N)I. The van der Waals surface area contributed by atoms with Gasteiger partial charge in [-0.15, -0.1) is 0 Å². The summed E-state index contributed by atoms with van der Waals surface area (Å²) in [5.74, 6) is 0. The van der Waals surface area contributed by atoms with Crippen LogP contribution in [0.4, 0.5) is 0 Å². The Bertz CT molecular complexity index is 54.9. The van der Waals surface area contributed by atoms with E-state index in [1.165, 1.54) is 32.1 Å². The van der Waals surface area contributed by atoms with Crippen molar-refractivity contribution in [3.05, 3.63) is 0 Å². The van der Waals surface area contributed by atoms with E-state index in [1.54, 1.807) is 0 Å². The van der Waals surface area contributed by atoms with E-state index in [9.17, 15) is 0 Å². The fraction of sp³-hybridized carbons (Fsp3) is 1.00. The molecule has 1 unspecified atom stereocenters. The van der Waals surface area contributed by atoms with Crippen molar-refractivity contribution in [2.45, 2.75) is 43.1 Å². The maximum absolute atomic E-state index is 5.56. The molecule has 0 aromatic carbocycles. The molecule has 0 saturated heterocycles. The van der Waals surface area contributed by atoms with Crippen LogP contribution in [0.15, 0.2) is 0 Å². The number of nitrogens with two attached hydrogens (primary N) is 1. The first-order valence-corrected chi connectivity index (χ1v) is 4.91. The Morgan fingerprint density at radius 2 is 2.00 bits per heavy atom. The second kappa shape index (κ2) is 6.81. The van der Waals surface area contributed by atoms with E-state index in [1.807, 2.05) is 0 Å². The van der Waals surface area contributed by atoms with Gasteiger partial charge in [0.1, 0.15) is 0 Å². The number of halogens is 1. The van der Waals surface area contributed by atoms with Crippen LogP contribution in [0.3, 0.4) is 0 Å². The molecule has 2 N–H and O–H groups in total. The molecule has 1 atom stereocenters. The second-order valence-electron chi connectivity index (χ2n) is 2.37. The van der Waals surface area contributed by atoms with Gasteiger partial charge in [-0.3, -0.25) is 0 Å². The molecule has 0 saturated carbocycles. The van der Waals surface area contributed by atoms with Gasteiger partial charge in [0.2, 0.25) is 0 Å². The Labute approximate surface area is 71.5 Å². The summed E-state index contributed by atoms with van der Waals surface area (Å²) in [5.41, 5.74) is 5.56. The molecule has 0 amide bonds. The highest BCUT2D eigenvalue weighted by molar-refractivity contribution is 14.1. The minimum absolute atomic E-state index is 0.374. The highest BCUT2D eigenvalue weighted by atomic mass is 127. The van der Waals surface area contributed by atoms with E-state index < -0.39 is 0 Å². The predicted molar refractivity (Wildman–Crippen MR) is 50.8 cm³/mol. The molecule has 0 heterocycles. The normalized spacial score (nSPS) is 13.7. The van der Waals surface area contributed by atoms with Crippen LogP contribution in [0, 0.1) is 0 Å². The summed E-state index contributed by atoms with van der Waals surface area (Å²) < 4.78 is 0.374. The molecule has 0 aliphatic rings. The van der Waals surface area contributed by atoms with Crippen LogP contribution < -0.4 is 5.73 Å². The van der Waals surface area contributed by atoms with Gasteiger partial charge in [0.05, 0.1) is 4.05 Å². The summed E-state index contributed by atoms with van der Waals surface area (Å²) in [6, 6.07) is 0.